The van der Waals surface area contributed by atoms with Crippen molar-refractivity contribution in [2.24, 2.45) is 0 Å². The number of unbranched alkanes of at least 4 members (excludes halogenated alkanes) is 1. The summed E-state index contributed by atoms with van der Waals surface area (Å²) in [7, 11) is 1.21. The van der Waals surface area contributed by atoms with Crippen molar-refractivity contribution in [3.8, 4) is 0 Å². The van der Waals surface area contributed by atoms with Crippen LogP contribution in [0.25, 0.3) is 0 Å². The molecule has 0 radical (unpaired) electrons. The molecule has 0 aromatic heterocycles. The van der Waals surface area contributed by atoms with Gasteiger partial charge in [0.25, 0.3) is 5.91 Å². The average Bonchev–Trinajstić information content (AvgIpc) is 2.25. The predicted molar refractivity (Wildman–Crippen MR) is 51.6 cm³/mol. The number of hydrogen-bond donors (Lipinski definition) is 2. The third-order valence-corrected chi connectivity index (χ3v) is 1.69. The number of hydrogen-bond acceptors (Lipinski definition) is 4. The van der Waals surface area contributed by atoms with Crippen LogP contribution in [0.3, 0.4) is 0 Å². The summed E-state index contributed by atoms with van der Waals surface area (Å²) in [6.07, 6.45) is 3.45. The van der Waals surface area contributed by atoms with E-state index in [1.165, 1.54) is 7.11 Å². The lowest BCUT2D eigenvalue weighted by Crippen LogP contribution is -2.50. The minimum atomic E-state index is -0.635. The largest absolute Gasteiger partial charge is 0.466 e. The van der Waals surface area contributed by atoms with Crippen LogP contribution in [-0.2, 0) is 14.3 Å². The number of esters is 1. The molecule has 15 heavy (non-hydrogen) atoms. The van der Waals surface area contributed by atoms with Gasteiger partial charge in [0, 0.05) is 18.7 Å². The molecule has 6 heteroatoms. The van der Waals surface area contributed by atoms with Crippen molar-refractivity contribution in [1.82, 2.24) is 5.06 Å². The fraction of sp³-hybridized carbons (Fsp3) is 0.556. The Hall–Kier alpha value is -1.40. The molecule has 0 saturated heterocycles. The third-order valence-electron chi connectivity index (χ3n) is 1.69. The van der Waals surface area contributed by atoms with Crippen LogP contribution in [0.5, 0.6) is 0 Å². The van der Waals surface area contributed by atoms with E-state index >= 15 is 0 Å². The maximum atomic E-state index is 11.1. The molecule has 0 spiro atoms. The second-order valence-electron chi connectivity index (χ2n) is 2.88. The molecule has 0 unspecified atom stereocenters. The third kappa shape index (κ3) is 6.64. The number of amides is 1. The predicted octanol–water partition coefficient (Wildman–Crippen LogP) is -1.04. The fourth-order valence-corrected chi connectivity index (χ4v) is 0.842. The molecule has 0 aromatic carbocycles. The molecule has 1 amide bonds. The summed E-state index contributed by atoms with van der Waals surface area (Å²) in [5.74, 6) is -1.26. The molecule has 0 heterocycles. The van der Waals surface area contributed by atoms with Crippen molar-refractivity contribution in [3.63, 3.8) is 0 Å². The van der Waals surface area contributed by atoms with Gasteiger partial charge in [0.05, 0.1) is 13.7 Å². The zero-order valence-corrected chi connectivity index (χ0v) is 8.81. The Morgan fingerprint density at radius 1 is 1.40 bits per heavy atom. The summed E-state index contributed by atoms with van der Waals surface area (Å²) in [4.78, 5) is 21.8. The van der Waals surface area contributed by atoms with E-state index in [9.17, 15) is 14.8 Å². The van der Waals surface area contributed by atoms with Gasteiger partial charge in [-0.05, 0) is 12.8 Å². The van der Waals surface area contributed by atoms with Gasteiger partial charge in [0.15, 0.2) is 0 Å². The zero-order valence-electron chi connectivity index (χ0n) is 8.81. The molecule has 4 N–H and O–H groups in total. The van der Waals surface area contributed by atoms with Gasteiger partial charge in [-0.15, -0.1) is 0 Å². The Labute approximate surface area is 88.3 Å². The summed E-state index contributed by atoms with van der Waals surface area (Å²) >= 11 is 0. The monoisotopic (exact) mass is 217 g/mol. The van der Waals surface area contributed by atoms with Crippen molar-refractivity contribution in [2.45, 2.75) is 12.8 Å². The summed E-state index contributed by atoms with van der Waals surface area (Å²) in [5, 5.41) is 9.75. The first-order chi connectivity index (χ1) is 7.11. The second-order valence-corrected chi connectivity index (χ2v) is 2.88. The van der Waals surface area contributed by atoms with Crippen LogP contribution in [-0.4, -0.2) is 42.3 Å². The molecule has 6 nitrogen and oxygen atoms in total. The number of carbonyl (C=O) groups is 2. The highest BCUT2D eigenvalue weighted by Crippen LogP contribution is 1.93. The van der Waals surface area contributed by atoms with Gasteiger partial charge >= 0.3 is 5.97 Å². The molecule has 0 bridgehead atoms. The van der Waals surface area contributed by atoms with E-state index in [1.54, 1.807) is 0 Å². The molecular formula is C9H17N2O4+. The summed E-state index contributed by atoms with van der Waals surface area (Å²) in [5.41, 5.74) is 3.64. The number of carbonyl (C=O) groups excluding carboxylic acids is 2. The molecule has 0 atom stereocenters. The van der Waals surface area contributed by atoms with Crippen molar-refractivity contribution in [2.75, 3.05) is 20.2 Å². The van der Waals surface area contributed by atoms with E-state index in [-0.39, 0.29) is 6.54 Å². The van der Waals surface area contributed by atoms with E-state index in [2.05, 4.69) is 10.5 Å². The van der Waals surface area contributed by atoms with Crippen molar-refractivity contribution < 1.29 is 25.3 Å². The zero-order chi connectivity index (χ0) is 11.7. The molecule has 0 saturated carbocycles. The maximum Gasteiger partial charge on any atom is 0.330 e. The molecule has 0 fully saturated rings. The summed E-state index contributed by atoms with van der Waals surface area (Å²) < 4.78 is 4.29. The minimum absolute atomic E-state index is 0.236. The number of nitrogens with zero attached hydrogens (tertiary/aromatic N) is 1. The normalized spacial score (nSPS) is 10.3. The van der Waals surface area contributed by atoms with E-state index in [0.29, 0.717) is 11.5 Å². The topological polar surface area (TPSA) is 94.5 Å². The van der Waals surface area contributed by atoms with Crippen LogP contribution in [0.4, 0.5) is 0 Å². The van der Waals surface area contributed by atoms with E-state index in [4.69, 9.17) is 0 Å². The lowest BCUT2D eigenvalue weighted by molar-refractivity contribution is -0.368. The van der Waals surface area contributed by atoms with Gasteiger partial charge in [-0.3, -0.25) is 10.0 Å². The maximum absolute atomic E-state index is 11.1. The molecule has 0 aliphatic carbocycles. The molecule has 0 aromatic rings. The smallest absolute Gasteiger partial charge is 0.330 e. The van der Waals surface area contributed by atoms with Gasteiger partial charge in [-0.1, -0.05) is 0 Å². The Morgan fingerprint density at radius 3 is 2.60 bits per heavy atom. The SMILES string of the molecule is COC(=O)/C=C/C(=O)N(O)CCCC[NH3+]. The highest BCUT2D eigenvalue weighted by Gasteiger charge is 2.06. The number of hydroxylamine groups is 2. The van der Waals surface area contributed by atoms with Crippen LogP contribution in [0.15, 0.2) is 12.2 Å². The van der Waals surface area contributed by atoms with Gasteiger partial charge in [0.2, 0.25) is 0 Å². The van der Waals surface area contributed by atoms with Crippen molar-refractivity contribution >= 4 is 11.9 Å². The Balaban J connectivity index is 3.88. The van der Waals surface area contributed by atoms with Gasteiger partial charge in [-0.2, -0.15) is 0 Å². The Bertz CT molecular complexity index is 240. The van der Waals surface area contributed by atoms with E-state index < -0.39 is 11.9 Å². The van der Waals surface area contributed by atoms with E-state index in [0.717, 1.165) is 25.1 Å². The molecular weight excluding hydrogens is 200 g/mol. The number of quaternary nitrogens is 1. The van der Waals surface area contributed by atoms with Gasteiger partial charge in [0.1, 0.15) is 0 Å². The lowest BCUT2D eigenvalue weighted by atomic mass is 10.3. The Kier molecular flexibility index (Phi) is 7.21. The van der Waals surface area contributed by atoms with Crippen LogP contribution >= 0.6 is 0 Å². The van der Waals surface area contributed by atoms with Crippen LogP contribution < -0.4 is 5.73 Å². The molecule has 0 rings (SSSR count). The van der Waals surface area contributed by atoms with Gasteiger partial charge < -0.3 is 10.5 Å². The highest BCUT2D eigenvalue weighted by atomic mass is 16.5. The molecule has 0 aliphatic rings. The first kappa shape index (κ1) is 13.6. The van der Waals surface area contributed by atoms with Crippen LogP contribution in [0, 0.1) is 0 Å². The first-order valence-corrected chi connectivity index (χ1v) is 4.67. The lowest BCUT2D eigenvalue weighted by Gasteiger charge is -2.11. The molecule has 0 aliphatic heterocycles. The van der Waals surface area contributed by atoms with Crippen LogP contribution in [0.2, 0.25) is 0 Å². The minimum Gasteiger partial charge on any atom is -0.466 e. The number of ether oxygens (including phenoxy) is 1. The average molecular weight is 217 g/mol. The summed E-state index contributed by atoms with van der Waals surface area (Å²) in [6, 6.07) is 0. The number of rotatable bonds is 6. The van der Waals surface area contributed by atoms with E-state index in [1.807, 2.05) is 0 Å². The second kappa shape index (κ2) is 7.95. The quantitative estimate of drug-likeness (QED) is 0.195. The number of methoxy groups -OCH3 is 1. The van der Waals surface area contributed by atoms with Gasteiger partial charge in [-0.25, -0.2) is 9.86 Å². The van der Waals surface area contributed by atoms with Crippen molar-refractivity contribution in [1.29, 1.82) is 0 Å². The standard InChI is InChI=1S/C9H16N2O4/c1-15-9(13)5-4-8(12)11(14)7-3-2-6-10/h4-5,14H,2-3,6-7,10H2,1H3/p+1/b5-4+. The highest BCUT2D eigenvalue weighted by molar-refractivity contribution is 5.93. The summed E-state index contributed by atoms with van der Waals surface area (Å²) in [6.45, 7) is 1.000. The first-order valence-electron chi connectivity index (χ1n) is 4.67. The van der Waals surface area contributed by atoms with Crippen molar-refractivity contribution in [3.05, 3.63) is 12.2 Å². The van der Waals surface area contributed by atoms with Crippen LogP contribution in [0.1, 0.15) is 12.8 Å². The Morgan fingerprint density at radius 2 is 2.07 bits per heavy atom. The molecule has 86 valence electrons. The fourth-order valence-electron chi connectivity index (χ4n) is 0.842.